The highest BCUT2D eigenvalue weighted by molar-refractivity contribution is 5.81. The van der Waals surface area contributed by atoms with Gasteiger partial charge in [-0.3, -0.25) is 19.1 Å². The number of rotatable bonds is 4. The molecule has 0 spiro atoms. The highest BCUT2D eigenvalue weighted by Crippen LogP contribution is 2.32. The molecule has 2 aliphatic heterocycles. The van der Waals surface area contributed by atoms with Gasteiger partial charge in [-0.2, -0.15) is 0 Å². The van der Waals surface area contributed by atoms with E-state index >= 15 is 0 Å². The van der Waals surface area contributed by atoms with E-state index in [1.165, 1.54) is 0 Å². The van der Waals surface area contributed by atoms with Crippen LogP contribution in [0.3, 0.4) is 0 Å². The van der Waals surface area contributed by atoms with Crippen LogP contribution in [0.15, 0.2) is 35.1 Å². The number of benzene rings is 2. The van der Waals surface area contributed by atoms with Crippen molar-refractivity contribution in [1.29, 1.82) is 0 Å². The summed E-state index contributed by atoms with van der Waals surface area (Å²) in [5.41, 5.74) is 5.01. The minimum Gasteiger partial charge on any atom is -0.454 e. The number of fused-ring (bicyclic) bond motifs is 2. The fourth-order valence-corrected chi connectivity index (χ4v) is 4.47. The lowest BCUT2D eigenvalue weighted by Crippen LogP contribution is -2.49. The molecular formula is C25H28N4O4. The van der Waals surface area contributed by atoms with Crippen LogP contribution in [0.4, 0.5) is 0 Å². The third-order valence-corrected chi connectivity index (χ3v) is 6.59. The van der Waals surface area contributed by atoms with Gasteiger partial charge in [-0.1, -0.05) is 6.07 Å². The summed E-state index contributed by atoms with van der Waals surface area (Å²) in [5.74, 6) is 1.54. The molecule has 1 saturated heterocycles. The van der Waals surface area contributed by atoms with Gasteiger partial charge in [-0.25, -0.2) is 4.98 Å². The normalized spacial score (nSPS) is 15.9. The zero-order valence-electron chi connectivity index (χ0n) is 19.3. The molecule has 0 unspecified atom stereocenters. The minimum absolute atomic E-state index is 0.0311. The summed E-state index contributed by atoms with van der Waals surface area (Å²) in [6, 6.07) is 9.95. The first-order chi connectivity index (χ1) is 15.9. The first-order valence-electron chi connectivity index (χ1n) is 11.3. The van der Waals surface area contributed by atoms with Gasteiger partial charge in [0.2, 0.25) is 12.7 Å². The van der Waals surface area contributed by atoms with Gasteiger partial charge in [-0.05, 0) is 61.7 Å². The van der Waals surface area contributed by atoms with Crippen LogP contribution in [0.2, 0.25) is 0 Å². The van der Waals surface area contributed by atoms with E-state index in [1.807, 2.05) is 43.0 Å². The number of ether oxygens (including phenoxy) is 2. The Morgan fingerprint density at radius 1 is 0.970 bits per heavy atom. The Kier molecular flexibility index (Phi) is 5.54. The molecule has 3 heterocycles. The Bertz CT molecular complexity index is 1290. The molecule has 0 aliphatic carbocycles. The Morgan fingerprint density at radius 2 is 1.70 bits per heavy atom. The summed E-state index contributed by atoms with van der Waals surface area (Å²) in [6.07, 6.45) is 0. The second kappa shape index (κ2) is 8.51. The number of hydrogen-bond acceptors (Lipinski definition) is 6. The molecule has 1 aromatic heterocycles. The number of hydrogen-bond donors (Lipinski definition) is 0. The standard InChI is InChI=1S/C25H28N4O4/c1-16-10-20-21(11-17(16)2)29(25(31)18(3)26-20)14-24(30)28-8-6-27(7-9-28)13-19-4-5-22-23(12-19)33-15-32-22/h4-5,10-12H,6-9,13-15H2,1-3H3. The lowest BCUT2D eigenvalue weighted by atomic mass is 10.1. The summed E-state index contributed by atoms with van der Waals surface area (Å²) in [6.45, 7) is 9.67. The minimum atomic E-state index is -0.208. The molecule has 3 aromatic rings. The molecule has 0 atom stereocenters. The van der Waals surface area contributed by atoms with E-state index in [9.17, 15) is 9.59 Å². The quantitative estimate of drug-likeness (QED) is 0.610. The largest absolute Gasteiger partial charge is 0.454 e. The molecule has 1 fully saturated rings. The van der Waals surface area contributed by atoms with Crippen LogP contribution < -0.4 is 15.0 Å². The summed E-state index contributed by atoms with van der Waals surface area (Å²) >= 11 is 0. The van der Waals surface area contributed by atoms with Crippen molar-refractivity contribution < 1.29 is 14.3 Å². The van der Waals surface area contributed by atoms with Gasteiger partial charge in [0.05, 0.1) is 11.0 Å². The van der Waals surface area contributed by atoms with Crippen molar-refractivity contribution in [3.8, 4) is 11.5 Å². The summed E-state index contributed by atoms with van der Waals surface area (Å²) in [5, 5.41) is 0. The number of carbonyl (C=O) groups excluding carboxylic acids is 1. The van der Waals surface area contributed by atoms with Crippen LogP contribution in [-0.4, -0.2) is 58.2 Å². The van der Waals surface area contributed by atoms with E-state index in [-0.39, 0.29) is 24.8 Å². The molecule has 0 radical (unpaired) electrons. The molecule has 172 valence electrons. The highest BCUT2D eigenvalue weighted by Gasteiger charge is 2.23. The summed E-state index contributed by atoms with van der Waals surface area (Å²) in [4.78, 5) is 34.6. The third-order valence-electron chi connectivity index (χ3n) is 6.59. The van der Waals surface area contributed by atoms with Crippen LogP contribution in [0.1, 0.15) is 22.4 Å². The van der Waals surface area contributed by atoms with Crippen molar-refractivity contribution in [2.45, 2.75) is 33.9 Å². The van der Waals surface area contributed by atoms with E-state index in [2.05, 4.69) is 16.0 Å². The maximum Gasteiger partial charge on any atom is 0.272 e. The van der Waals surface area contributed by atoms with Crippen LogP contribution in [0.5, 0.6) is 11.5 Å². The van der Waals surface area contributed by atoms with Crippen molar-refractivity contribution in [3.63, 3.8) is 0 Å². The van der Waals surface area contributed by atoms with Gasteiger partial charge in [0.15, 0.2) is 11.5 Å². The van der Waals surface area contributed by atoms with Gasteiger partial charge >= 0.3 is 0 Å². The van der Waals surface area contributed by atoms with E-state index in [4.69, 9.17) is 9.47 Å². The monoisotopic (exact) mass is 448 g/mol. The van der Waals surface area contributed by atoms with Gasteiger partial charge in [0.25, 0.3) is 5.56 Å². The topological polar surface area (TPSA) is 76.9 Å². The van der Waals surface area contributed by atoms with Gasteiger partial charge < -0.3 is 14.4 Å². The zero-order valence-corrected chi connectivity index (χ0v) is 19.3. The maximum atomic E-state index is 13.1. The smallest absolute Gasteiger partial charge is 0.272 e. The molecule has 2 aliphatic rings. The molecular weight excluding hydrogens is 420 g/mol. The van der Waals surface area contributed by atoms with Gasteiger partial charge in [0, 0.05) is 32.7 Å². The lowest BCUT2D eigenvalue weighted by molar-refractivity contribution is -0.133. The third kappa shape index (κ3) is 4.18. The molecule has 8 nitrogen and oxygen atoms in total. The first-order valence-corrected chi connectivity index (χ1v) is 11.3. The van der Waals surface area contributed by atoms with E-state index in [0.29, 0.717) is 24.3 Å². The molecule has 0 N–H and O–H groups in total. The summed E-state index contributed by atoms with van der Waals surface area (Å²) < 4.78 is 12.4. The van der Waals surface area contributed by atoms with Crippen LogP contribution in [0.25, 0.3) is 11.0 Å². The van der Waals surface area contributed by atoms with Crippen molar-refractivity contribution in [3.05, 3.63) is 63.1 Å². The average molecular weight is 449 g/mol. The molecule has 8 heteroatoms. The predicted octanol–water partition coefficient (Wildman–Crippen LogP) is 2.39. The predicted molar refractivity (Wildman–Crippen MR) is 125 cm³/mol. The average Bonchev–Trinajstić information content (AvgIpc) is 3.27. The second-order valence-electron chi connectivity index (χ2n) is 8.86. The molecule has 0 bridgehead atoms. The van der Waals surface area contributed by atoms with Gasteiger partial charge in [-0.15, -0.1) is 0 Å². The second-order valence-corrected chi connectivity index (χ2v) is 8.86. The fourth-order valence-electron chi connectivity index (χ4n) is 4.47. The van der Waals surface area contributed by atoms with Crippen molar-refractivity contribution in [2.24, 2.45) is 0 Å². The Balaban J connectivity index is 1.26. The highest BCUT2D eigenvalue weighted by atomic mass is 16.7. The number of carbonyl (C=O) groups is 1. The number of piperazine rings is 1. The van der Waals surface area contributed by atoms with E-state index < -0.39 is 0 Å². The van der Waals surface area contributed by atoms with Crippen LogP contribution in [0, 0.1) is 20.8 Å². The molecule has 33 heavy (non-hydrogen) atoms. The van der Waals surface area contributed by atoms with Gasteiger partial charge in [0.1, 0.15) is 12.2 Å². The van der Waals surface area contributed by atoms with E-state index in [1.54, 1.807) is 11.5 Å². The molecule has 1 amide bonds. The van der Waals surface area contributed by atoms with E-state index in [0.717, 1.165) is 53.3 Å². The molecule has 0 saturated carbocycles. The Hall–Kier alpha value is -3.39. The number of amides is 1. The lowest BCUT2D eigenvalue weighted by Gasteiger charge is -2.35. The zero-order chi connectivity index (χ0) is 23.1. The summed E-state index contributed by atoms with van der Waals surface area (Å²) in [7, 11) is 0. The number of nitrogens with zero attached hydrogens (tertiary/aromatic N) is 4. The Morgan fingerprint density at radius 3 is 2.48 bits per heavy atom. The SMILES string of the molecule is Cc1cc2nc(C)c(=O)n(CC(=O)N3CCN(Cc4ccc5c(c4)OCO5)CC3)c2cc1C. The van der Waals surface area contributed by atoms with Crippen molar-refractivity contribution in [2.75, 3.05) is 33.0 Å². The Labute approximate surface area is 192 Å². The molecule has 2 aromatic carbocycles. The first kappa shape index (κ1) is 21.5. The maximum absolute atomic E-state index is 13.1. The number of aromatic nitrogens is 2. The fraction of sp³-hybridized carbons (Fsp3) is 0.400. The molecule has 5 rings (SSSR count). The van der Waals surface area contributed by atoms with Crippen molar-refractivity contribution in [1.82, 2.24) is 19.4 Å². The van der Waals surface area contributed by atoms with Crippen LogP contribution >= 0.6 is 0 Å². The van der Waals surface area contributed by atoms with Crippen LogP contribution in [-0.2, 0) is 17.9 Å². The number of aryl methyl sites for hydroxylation is 3. The van der Waals surface area contributed by atoms with Crippen molar-refractivity contribution >= 4 is 16.9 Å².